The van der Waals surface area contributed by atoms with Gasteiger partial charge in [-0.15, -0.1) is 10.2 Å². The van der Waals surface area contributed by atoms with E-state index in [9.17, 15) is 4.79 Å². The predicted molar refractivity (Wildman–Crippen MR) is 121 cm³/mol. The minimum absolute atomic E-state index is 0.351. The molecule has 0 atom stereocenters. The lowest BCUT2D eigenvalue weighted by Crippen LogP contribution is -2.19. The van der Waals surface area contributed by atoms with Crippen molar-refractivity contribution in [1.29, 1.82) is 0 Å². The highest BCUT2D eigenvalue weighted by atomic mass is 16.5. The molecule has 2 aromatic carbocycles. The summed E-state index contributed by atoms with van der Waals surface area (Å²) < 4.78 is 12.9. The maximum absolute atomic E-state index is 12.3. The number of rotatable bonds is 7. The van der Waals surface area contributed by atoms with E-state index in [1.807, 2.05) is 38.2 Å². The largest absolute Gasteiger partial charge is 0.492 e. The molecule has 0 spiro atoms. The zero-order valence-corrected chi connectivity index (χ0v) is 17.6. The van der Waals surface area contributed by atoms with Gasteiger partial charge in [0.2, 0.25) is 5.88 Å². The number of para-hydroxylation sites is 2. The van der Waals surface area contributed by atoms with Crippen LogP contribution in [-0.4, -0.2) is 32.6 Å². The number of urea groups is 1. The summed E-state index contributed by atoms with van der Waals surface area (Å²) >= 11 is 0. The number of hydrogen-bond acceptors (Lipinski definition) is 6. The quantitative estimate of drug-likeness (QED) is 0.436. The molecule has 0 fully saturated rings. The number of nitrogens with zero attached hydrogens (tertiary/aromatic N) is 4. The lowest BCUT2D eigenvalue weighted by atomic mass is 10.3. The minimum Gasteiger partial charge on any atom is -0.492 e. The number of nitrogens with one attached hydrogen (secondary N) is 2. The van der Waals surface area contributed by atoms with Gasteiger partial charge in [0, 0.05) is 18.0 Å². The summed E-state index contributed by atoms with van der Waals surface area (Å²) in [6.45, 7) is 4.31. The molecule has 4 rings (SSSR count). The molecule has 0 aliphatic carbocycles. The maximum atomic E-state index is 12.3. The van der Waals surface area contributed by atoms with Crippen molar-refractivity contribution in [3.05, 3.63) is 78.6 Å². The van der Waals surface area contributed by atoms with Gasteiger partial charge in [-0.05, 0) is 62.4 Å². The zero-order chi connectivity index (χ0) is 22.3. The molecule has 2 amide bonds. The number of hydrogen-bond donors (Lipinski definition) is 2. The van der Waals surface area contributed by atoms with Crippen LogP contribution in [0.3, 0.4) is 0 Å². The molecule has 4 aromatic rings. The SMILES string of the molecule is CCOc1ccccc1NC(=O)Nc1ccc(Oc2ccc(-n3ccc(C)n3)nn2)cc1. The van der Waals surface area contributed by atoms with Crippen molar-refractivity contribution in [1.82, 2.24) is 20.0 Å². The van der Waals surface area contributed by atoms with Gasteiger partial charge in [-0.1, -0.05) is 12.1 Å². The standard InChI is InChI=1S/C23H22N6O3/c1-3-31-20-7-5-4-6-19(20)25-23(30)24-17-8-10-18(11-9-17)32-22-13-12-21(26-27-22)29-15-14-16(2)28-29/h4-15H,3H2,1-2H3,(H2,24,25,30). The first kappa shape index (κ1) is 20.9. The summed E-state index contributed by atoms with van der Waals surface area (Å²) in [4.78, 5) is 12.3. The average molecular weight is 430 g/mol. The Morgan fingerprint density at radius 2 is 1.78 bits per heavy atom. The molecule has 2 N–H and O–H groups in total. The van der Waals surface area contributed by atoms with Crippen LogP contribution in [-0.2, 0) is 0 Å². The molecule has 0 unspecified atom stereocenters. The Morgan fingerprint density at radius 1 is 0.969 bits per heavy atom. The number of carbonyl (C=O) groups excluding carboxylic acids is 1. The number of aromatic nitrogens is 4. The molecular weight excluding hydrogens is 408 g/mol. The molecule has 2 heterocycles. The summed E-state index contributed by atoms with van der Waals surface area (Å²) in [6.07, 6.45) is 1.82. The molecule has 0 bridgehead atoms. The van der Waals surface area contributed by atoms with Crippen LogP contribution in [0.4, 0.5) is 16.2 Å². The first-order valence-corrected chi connectivity index (χ1v) is 10.0. The Bertz CT molecular complexity index is 1190. The summed E-state index contributed by atoms with van der Waals surface area (Å²) in [5.74, 6) is 2.13. The van der Waals surface area contributed by atoms with Gasteiger partial charge in [0.15, 0.2) is 5.82 Å². The van der Waals surface area contributed by atoms with E-state index in [0.29, 0.717) is 41.2 Å². The first-order chi connectivity index (χ1) is 15.6. The monoisotopic (exact) mass is 430 g/mol. The Labute approximate surface area is 185 Å². The minimum atomic E-state index is -0.374. The third-order valence-corrected chi connectivity index (χ3v) is 4.35. The predicted octanol–water partition coefficient (Wildman–Crippen LogP) is 4.81. The van der Waals surface area contributed by atoms with Gasteiger partial charge in [0.25, 0.3) is 0 Å². The fourth-order valence-corrected chi connectivity index (χ4v) is 2.90. The van der Waals surface area contributed by atoms with Crippen LogP contribution < -0.4 is 20.1 Å². The zero-order valence-electron chi connectivity index (χ0n) is 17.6. The van der Waals surface area contributed by atoms with Crippen molar-refractivity contribution < 1.29 is 14.3 Å². The number of anilines is 2. The van der Waals surface area contributed by atoms with Gasteiger partial charge >= 0.3 is 6.03 Å². The maximum Gasteiger partial charge on any atom is 0.323 e. The third-order valence-electron chi connectivity index (χ3n) is 4.35. The van der Waals surface area contributed by atoms with Crippen LogP contribution in [0.5, 0.6) is 17.4 Å². The van der Waals surface area contributed by atoms with Crippen molar-refractivity contribution in [2.24, 2.45) is 0 Å². The highest BCUT2D eigenvalue weighted by Gasteiger charge is 2.08. The molecule has 0 radical (unpaired) electrons. The van der Waals surface area contributed by atoms with Crippen LogP contribution in [0.2, 0.25) is 0 Å². The first-order valence-electron chi connectivity index (χ1n) is 10.0. The van der Waals surface area contributed by atoms with Gasteiger partial charge in [0.05, 0.1) is 18.0 Å². The van der Waals surface area contributed by atoms with E-state index in [1.54, 1.807) is 53.2 Å². The van der Waals surface area contributed by atoms with E-state index in [-0.39, 0.29) is 6.03 Å². The molecule has 0 saturated carbocycles. The van der Waals surface area contributed by atoms with E-state index in [1.165, 1.54) is 0 Å². The lowest BCUT2D eigenvalue weighted by molar-refractivity contribution is 0.262. The third kappa shape index (κ3) is 5.20. The van der Waals surface area contributed by atoms with Crippen LogP contribution in [0.15, 0.2) is 72.9 Å². The number of benzene rings is 2. The molecule has 162 valence electrons. The van der Waals surface area contributed by atoms with Gasteiger partial charge in [-0.2, -0.15) is 5.10 Å². The fourth-order valence-electron chi connectivity index (χ4n) is 2.90. The highest BCUT2D eigenvalue weighted by Crippen LogP contribution is 2.25. The topological polar surface area (TPSA) is 103 Å². The normalized spacial score (nSPS) is 10.4. The Kier molecular flexibility index (Phi) is 6.26. The van der Waals surface area contributed by atoms with Crippen molar-refractivity contribution in [3.8, 4) is 23.2 Å². The molecular formula is C23H22N6O3. The summed E-state index contributed by atoms with van der Waals surface area (Å²) in [7, 11) is 0. The second-order valence-corrected chi connectivity index (χ2v) is 6.77. The van der Waals surface area contributed by atoms with E-state index < -0.39 is 0 Å². The van der Waals surface area contributed by atoms with Crippen LogP contribution >= 0.6 is 0 Å². The van der Waals surface area contributed by atoms with Crippen molar-refractivity contribution in [2.45, 2.75) is 13.8 Å². The molecule has 0 aliphatic heterocycles. The number of aryl methyl sites for hydroxylation is 1. The molecule has 9 nitrogen and oxygen atoms in total. The lowest BCUT2D eigenvalue weighted by Gasteiger charge is -2.12. The second kappa shape index (κ2) is 9.61. The van der Waals surface area contributed by atoms with E-state index in [4.69, 9.17) is 9.47 Å². The summed E-state index contributed by atoms with van der Waals surface area (Å²) in [5.41, 5.74) is 2.10. The van der Waals surface area contributed by atoms with Gasteiger partial charge in [0.1, 0.15) is 11.5 Å². The number of amides is 2. The number of ether oxygens (including phenoxy) is 2. The van der Waals surface area contributed by atoms with Crippen molar-refractivity contribution in [2.75, 3.05) is 17.2 Å². The van der Waals surface area contributed by atoms with Crippen LogP contribution in [0.25, 0.3) is 5.82 Å². The Morgan fingerprint density at radius 3 is 2.47 bits per heavy atom. The summed E-state index contributed by atoms with van der Waals surface area (Å²) in [6, 6.07) is 19.2. The average Bonchev–Trinajstić information content (AvgIpc) is 3.23. The molecule has 0 saturated heterocycles. The molecule has 9 heteroatoms. The molecule has 2 aromatic heterocycles. The van der Waals surface area contributed by atoms with Gasteiger partial charge in [-0.3, -0.25) is 0 Å². The fraction of sp³-hybridized carbons (Fsp3) is 0.130. The highest BCUT2D eigenvalue weighted by molar-refractivity contribution is 6.00. The van der Waals surface area contributed by atoms with Crippen LogP contribution in [0, 0.1) is 6.92 Å². The Hall–Kier alpha value is -4.40. The number of carbonyl (C=O) groups is 1. The van der Waals surface area contributed by atoms with E-state index in [2.05, 4.69) is 25.9 Å². The molecule has 0 aliphatic rings. The smallest absolute Gasteiger partial charge is 0.323 e. The van der Waals surface area contributed by atoms with Crippen LogP contribution in [0.1, 0.15) is 12.6 Å². The van der Waals surface area contributed by atoms with E-state index in [0.717, 1.165) is 5.69 Å². The van der Waals surface area contributed by atoms with Crippen molar-refractivity contribution in [3.63, 3.8) is 0 Å². The van der Waals surface area contributed by atoms with Gasteiger partial charge < -0.3 is 20.1 Å². The van der Waals surface area contributed by atoms with Gasteiger partial charge in [-0.25, -0.2) is 9.48 Å². The van der Waals surface area contributed by atoms with E-state index >= 15 is 0 Å². The second-order valence-electron chi connectivity index (χ2n) is 6.77. The molecule has 32 heavy (non-hydrogen) atoms. The summed E-state index contributed by atoms with van der Waals surface area (Å²) in [5, 5.41) is 18.1. The Balaban J connectivity index is 1.34. The van der Waals surface area contributed by atoms with Crippen molar-refractivity contribution >= 4 is 17.4 Å².